The van der Waals surface area contributed by atoms with Gasteiger partial charge in [0.05, 0.1) is 28.4 Å². The fraction of sp³-hybridized carbons (Fsp3) is 0.103. The zero-order valence-corrected chi connectivity index (χ0v) is 27.3. The third-order valence-corrected chi connectivity index (χ3v) is 10.8. The Morgan fingerprint density at radius 3 is 1.39 bits per heavy atom. The second kappa shape index (κ2) is 10.6. The highest BCUT2D eigenvalue weighted by molar-refractivity contribution is 9.10. The number of hydrogen-bond donors (Lipinski definition) is 0. The summed E-state index contributed by atoms with van der Waals surface area (Å²) in [6, 6.07) is 40.9. The molecule has 2 aliphatic carbocycles. The molecule has 5 aromatic rings. The number of rotatable bonds is 5. The predicted octanol–water partition coefficient (Wildman–Crippen LogP) is 8.94. The van der Waals surface area contributed by atoms with Crippen LogP contribution in [0, 0.1) is 11.8 Å². The molecule has 0 unspecified atom stereocenters. The number of allylic oxidation sites excluding steroid dienone is 2. The summed E-state index contributed by atoms with van der Waals surface area (Å²) < 4.78 is 0.731. The number of fused-ring (bicyclic) bond motifs is 5. The SMILES string of the molecule is O=C1[C@H]2[C@H](C(=O)N1c1cccc(Br)c1)[C@@]1(c3ccc(Cl)cc3)C(=O)[C@@]2(c2ccc(Cl)cc2)C(c2ccccc2)=C1c1ccccc1. The lowest BCUT2D eigenvalue weighted by Gasteiger charge is -2.39. The van der Waals surface area contributed by atoms with Gasteiger partial charge in [-0.25, -0.2) is 4.90 Å². The largest absolute Gasteiger partial charge is 0.297 e. The average Bonchev–Trinajstić information content (AvgIpc) is 3.58. The molecule has 2 fully saturated rings. The topological polar surface area (TPSA) is 54.5 Å². The molecular weight excluding hydrogens is 681 g/mol. The Morgan fingerprint density at radius 1 is 0.543 bits per heavy atom. The summed E-state index contributed by atoms with van der Waals surface area (Å²) in [6.45, 7) is 0. The number of carbonyl (C=O) groups excluding carboxylic acids is 3. The van der Waals surface area contributed by atoms with Gasteiger partial charge in [-0.05, 0) is 75.9 Å². The number of anilines is 1. The van der Waals surface area contributed by atoms with Crippen LogP contribution in [0.3, 0.4) is 0 Å². The van der Waals surface area contributed by atoms with E-state index in [1.807, 2.05) is 91.0 Å². The highest BCUT2D eigenvalue weighted by atomic mass is 79.9. The van der Waals surface area contributed by atoms with Gasteiger partial charge in [0.2, 0.25) is 11.8 Å². The molecule has 4 nitrogen and oxygen atoms in total. The van der Waals surface area contributed by atoms with Crippen molar-refractivity contribution in [3.05, 3.63) is 170 Å². The van der Waals surface area contributed by atoms with Crippen LogP contribution >= 0.6 is 39.1 Å². The monoisotopic (exact) mass is 703 g/mol. The van der Waals surface area contributed by atoms with Gasteiger partial charge < -0.3 is 0 Å². The molecule has 1 aliphatic heterocycles. The molecule has 4 atom stereocenters. The Bertz CT molecular complexity index is 1970. The van der Waals surface area contributed by atoms with Crippen molar-refractivity contribution < 1.29 is 14.4 Å². The molecule has 3 aliphatic rings. The first-order valence-corrected chi connectivity index (χ1v) is 16.4. The van der Waals surface area contributed by atoms with E-state index in [4.69, 9.17) is 23.2 Å². The van der Waals surface area contributed by atoms with Crippen molar-refractivity contribution in [2.24, 2.45) is 11.8 Å². The third-order valence-electron chi connectivity index (χ3n) is 9.78. The van der Waals surface area contributed by atoms with E-state index in [1.165, 1.54) is 4.90 Å². The normalized spacial score (nSPS) is 25.0. The number of amides is 2. The molecule has 1 saturated heterocycles. The van der Waals surface area contributed by atoms with E-state index in [0.29, 0.717) is 26.9 Å². The van der Waals surface area contributed by atoms with Crippen molar-refractivity contribution >= 4 is 73.6 Å². The van der Waals surface area contributed by atoms with E-state index in [1.54, 1.807) is 42.5 Å². The lowest BCUT2D eigenvalue weighted by molar-refractivity contribution is -0.130. The van der Waals surface area contributed by atoms with Crippen LogP contribution in [-0.2, 0) is 25.2 Å². The molecule has 5 aromatic carbocycles. The van der Waals surface area contributed by atoms with E-state index in [9.17, 15) is 0 Å². The molecule has 7 heteroatoms. The number of imide groups is 1. The fourth-order valence-corrected chi connectivity index (χ4v) is 8.87. The minimum atomic E-state index is -1.51. The van der Waals surface area contributed by atoms with Crippen molar-refractivity contribution in [1.82, 2.24) is 0 Å². The van der Waals surface area contributed by atoms with E-state index >= 15 is 14.4 Å². The van der Waals surface area contributed by atoms with Gasteiger partial charge in [0, 0.05) is 14.5 Å². The van der Waals surface area contributed by atoms with E-state index in [-0.39, 0.29) is 5.78 Å². The van der Waals surface area contributed by atoms with Crippen LogP contribution in [0.1, 0.15) is 22.3 Å². The number of ketones is 1. The molecule has 224 valence electrons. The highest BCUT2D eigenvalue weighted by Crippen LogP contribution is 2.74. The van der Waals surface area contributed by atoms with Gasteiger partial charge in [-0.2, -0.15) is 0 Å². The summed E-state index contributed by atoms with van der Waals surface area (Å²) >= 11 is 16.3. The van der Waals surface area contributed by atoms with Gasteiger partial charge in [-0.15, -0.1) is 0 Å². The second-order valence-corrected chi connectivity index (χ2v) is 13.7. The van der Waals surface area contributed by atoms with E-state index in [0.717, 1.165) is 26.7 Å². The minimum Gasteiger partial charge on any atom is -0.297 e. The molecule has 0 aromatic heterocycles. The Hall–Kier alpha value is -4.29. The molecule has 1 heterocycles. The zero-order chi connectivity index (χ0) is 31.8. The van der Waals surface area contributed by atoms with Crippen LogP contribution in [0.2, 0.25) is 10.0 Å². The number of nitrogens with zero attached hydrogens (tertiary/aromatic N) is 1. The smallest absolute Gasteiger partial charge is 0.239 e. The number of carbonyl (C=O) groups is 3. The summed E-state index contributed by atoms with van der Waals surface area (Å²) in [5.41, 5.74) is 1.74. The second-order valence-electron chi connectivity index (χ2n) is 11.9. The molecule has 2 bridgehead atoms. The Balaban J connectivity index is 1.56. The van der Waals surface area contributed by atoms with Gasteiger partial charge in [0.15, 0.2) is 5.78 Å². The fourth-order valence-electron chi connectivity index (χ4n) is 8.23. The minimum absolute atomic E-state index is 0.201. The van der Waals surface area contributed by atoms with Gasteiger partial charge in [0.1, 0.15) is 0 Å². The van der Waals surface area contributed by atoms with Crippen molar-refractivity contribution in [3.8, 4) is 0 Å². The molecule has 8 rings (SSSR count). The van der Waals surface area contributed by atoms with Crippen LogP contribution in [0.25, 0.3) is 11.1 Å². The Labute approximate surface area is 284 Å². The Morgan fingerprint density at radius 2 is 0.978 bits per heavy atom. The lowest BCUT2D eigenvalue weighted by atomic mass is 9.59. The maximum Gasteiger partial charge on any atom is 0.239 e. The van der Waals surface area contributed by atoms with Gasteiger partial charge in [-0.1, -0.05) is 130 Å². The van der Waals surface area contributed by atoms with Crippen molar-refractivity contribution in [1.29, 1.82) is 0 Å². The summed E-state index contributed by atoms with van der Waals surface area (Å²) in [6.07, 6.45) is 0. The number of benzene rings is 5. The van der Waals surface area contributed by atoms with Crippen molar-refractivity contribution in [2.75, 3.05) is 4.90 Å². The Kier molecular flexibility index (Phi) is 6.73. The molecule has 0 N–H and O–H groups in total. The number of Topliss-reactive ketones (excluding diaryl/α,β-unsaturated/α-hetero) is 1. The maximum absolute atomic E-state index is 15.9. The molecule has 0 radical (unpaired) electrons. The van der Waals surface area contributed by atoms with Gasteiger partial charge in [0.25, 0.3) is 0 Å². The molecule has 46 heavy (non-hydrogen) atoms. The average molecular weight is 705 g/mol. The molecule has 1 saturated carbocycles. The van der Waals surface area contributed by atoms with Crippen LogP contribution in [-0.4, -0.2) is 17.6 Å². The predicted molar refractivity (Wildman–Crippen MR) is 185 cm³/mol. The zero-order valence-electron chi connectivity index (χ0n) is 24.2. The quantitative estimate of drug-likeness (QED) is 0.172. The van der Waals surface area contributed by atoms with Crippen molar-refractivity contribution in [3.63, 3.8) is 0 Å². The number of halogens is 3. The third kappa shape index (κ3) is 3.77. The molecular formula is C39H24BrCl2NO3. The van der Waals surface area contributed by atoms with Crippen molar-refractivity contribution in [2.45, 2.75) is 10.8 Å². The summed E-state index contributed by atoms with van der Waals surface area (Å²) in [5, 5.41) is 1.00. The first-order chi connectivity index (χ1) is 22.3. The molecule has 0 spiro atoms. The standard InChI is InChI=1S/C39H24BrCl2NO3/c40-27-12-7-13-30(22-27)43-35(44)33-34(36(43)45)39(26-16-20-29(42)21-17-26)32(24-10-5-2-6-11-24)31(23-8-3-1-4-9-23)38(33,37(39)46)25-14-18-28(41)19-15-25/h1-22,33-34H/t33-,34-,38+,39+/m1/s1. The van der Waals surface area contributed by atoms with Crippen LogP contribution < -0.4 is 4.90 Å². The lowest BCUT2D eigenvalue weighted by Crippen LogP contribution is -2.45. The maximum atomic E-state index is 15.9. The van der Waals surface area contributed by atoms with Crippen LogP contribution in [0.4, 0.5) is 5.69 Å². The molecule has 2 amide bonds. The summed E-state index contributed by atoms with van der Waals surface area (Å²) in [4.78, 5) is 47.2. The van der Waals surface area contributed by atoms with E-state index < -0.39 is 34.5 Å². The van der Waals surface area contributed by atoms with E-state index in [2.05, 4.69) is 15.9 Å². The number of hydrogen-bond acceptors (Lipinski definition) is 3. The first-order valence-electron chi connectivity index (χ1n) is 14.9. The summed E-state index contributed by atoms with van der Waals surface area (Å²) in [5.74, 6) is -3.06. The first kappa shape index (κ1) is 29.1. The highest BCUT2D eigenvalue weighted by Gasteiger charge is 2.82. The van der Waals surface area contributed by atoms with Gasteiger partial charge in [-0.3, -0.25) is 14.4 Å². The summed E-state index contributed by atoms with van der Waals surface area (Å²) in [7, 11) is 0. The van der Waals surface area contributed by atoms with Crippen LogP contribution in [0.5, 0.6) is 0 Å². The van der Waals surface area contributed by atoms with Gasteiger partial charge >= 0.3 is 0 Å². The van der Waals surface area contributed by atoms with Crippen LogP contribution in [0.15, 0.2) is 138 Å².